The Kier molecular flexibility index (Phi) is 38.9. The molecule has 0 aromatic heterocycles. The van der Waals surface area contributed by atoms with E-state index >= 15 is 0 Å². The highest BCUT2D eigenvalue weighted by atomic mass is 31.2. The van der Waals surface area contributed by atoms with E-state index in [0.29, 0.717) is 19.3 Å². The Balaban J connectivity index is 4.64. The molecule has 1 unspecified atom stereocenters. The molecule has 346 valence electrons. The second-order valence-corrected chi connectivity index (χ2v) is 17.0. The number of allylic oxidation sites excluding steroid dienone is 12. The number of unbranched alkanes of at least 4 members (excludes halogenated alkanes) is 12. The minimum Gasteiger partial charge on any atom is -0.462 e. The molecular weight excluding hydrogens is 814 g/mol. The third-order valence-electron chi connectivity index (χ3n) is 8.61. The molecular formula is C44H76O14P2. The zero-order chi connectivity index (χ0) is 44.4. The number of aliphatic hydroxyl groups is 2. The summed E-state index contributed by atoms with van der Waals surface area (Å²) in [5.41, 5.74) is 0. The van der Waals surface area contributed by atoms with Gasteiger partial charge in [0.2, 0.25) is 0 Å². The van der Waals surface area contributed by atoms with Gasteiger partial charge in [-0.25, -0.2) is 9.13 Å². The van der Waals surface area contributed by atoms with Crippen molar-refractivity contribution in [3.63, 3.8) is 0 Å². The standard InChI is InChI=1S/C44H76O14P2/c1-2-3-4-5-6-7-8-9-13-17-20-23-26-29-32-35-44(48)58-42(40-57-60(52,53)56-38-41(46)37-55-59(49,50)51)39-54-43(47)34-31-28-25-22-19-16-14-11-10-12-15-18-21-24-27-30-33-36-45/h6-7,9-10,12-14,16,18,21-22,25,41-42,45-46H,2-5,8,11,15,17,19-20,23-24,26-40H2,1H3,(H,52,53)(H2,49,50,51)/b7-6-,12-10-,13-9-,16-14-,21-18-,25-22-/t41-,42+/m0/s1. The van der Waals surface area contributed by atoms with Crippen molar-refractivity contribution in [2.75, 3.05) is 33.0 Å². The fraction of sp³-hybridized carbons (Fsp3) is 0.682. The van der Waals surface area contributed by atoms with Crippen molar-refractivity contribution in [1.29, 1.82) is 0 Å². The zero-order valence-corrected chi connectivity index (χ0v) is 37.8. The molecule has 0 aliphatic rings. The van der Waals surface area contributed by atoms with E-state index in [0.717, 1.165) is 89.9 Å². The highest BCUT2D eigenvalue weighted by Gasteiger charge is 2.28. The summed E-state index contributed by atoms with van der Waals surface area (Å²) in [5.74, 6) is -1.13. The summed E-state index contributed by atoms with van der Waals surface area (Å²) in [4.78, 5) is 52.6. The molecule has 0 saturated heterocycles. The Morgan fingerprint density at radius 3 is 1.48 bits per heavy atom. The van der Waals surface area contributed by atoms with Crippen LogP contribution in [-0.2, 0) is 41.8 Å². The van der Waals surface area contributed by atoms with E-state index in [1.54, 1.807) is 0 Å². The number of rotatable bonds is 41. The second kappa shape index (κ2) is 40.6. The molecule has 0 aliphatic carbocycles. The Labute approximate surface area is 359 Å². The van der Waals surface area contributed by atoms with Gasteiger partial charge in [-0.15, -0.1) is 0 Å². The van der Waals surface area contributed by atoms with Crippen molar-refractivity contribution in [3.8, 4) is 0 Å². The quantitative estimate of drug-likeness (QED) is 0.0167. The maximum absolute atomic E-state index is 12.6. The fourth-order valence-corrected chi connectivity index (χ4v) is 6.45. The van der Waals surface area contributed by atoms with Gasteiger partial charge in [0.25, 0.3) is 0 Å². The van der Waals surface area contributed by atoms with Crippen molar-refractivity contribution in [3.05, 3.63) is 72.9 Å². The van der Waals surface area contributed by atoms with Crippen LogP contribution in [-0.4, -0.2) is 82.1 Å². The van der Waals surface area contributed by atoms with Gasteiger partial charge in [0, 0.05) is 19.4 Å². The van der Waals surface area contributed by atoms with E-state index in [2.05, 4.69) is 76.7 Å². The Morgan fingerprint density at radius 1 is 0.517 bits per heavy atom. The van der Waals surface area contributed by atoms with Crippen molar-refractivity contribution in [1.82, 2.24) is 0 Å². The van der Waals surface area contributed by atoms with E-state index in [1.807, 2.05) is 12.2 Å². The van der Waals surface area contributed by atoms with Crippen LogP contribution in [0.4, 0.5) is 0 Å². The van der Waals surface area contributed by atoms with Crippen LogP contribution >= 0.6 is 15.6 Å². The van der Waals surface area contributed by atoms with Crippen molar-refractivity contribution < 1.29 is 66.7 Å². The lowest BCUT2D eigenvalue weighted by atomic mass is 10.1. The molecule has 0 aliphatic heterocycles. The summed E-state index contributed by atoms with van der Waals surface area (Å²) in [6.45, 7) is -0.355. The van der Waals surface area contributed by atoms with E-state index in [-0.39, 0.29) is 19.4 Å². The summed E-state index contributed by atoms with van der Waals surface area (Å²) < 4.78 is 47.7. The predicted octanol–water partition coefficient (Wildman–Crippen LogP) is 9.98. The number of ether oxygens (including phenoxy) is 2. The Hall–Kier alpha value is -2.48. The van der Waals surface area contributed by atoms with Gasteiger partial charge in [0.15, 0.2) is 6.10 Å². The molecule has 0 saturated carbocycles. The minimum atomic E-state index is -4.87. The number of hydrogen-bond acceptors (Lipinski definition) is 11. The molecule has 3 atom stereocenters. The number of carbonyl (C=O) groups excluding carboxylic acids is 2. The molecule has 14 nitrogen and oxygen atoms in total. The van der Waals surface area contributed by atoms with Gasteiger partial charge in [-0.05, 0) is 89.9 Å². The van der Waals surface area contributed by atoms with Crippen LogP contribution in [0.15, 0.2) is 72.9 Å². The Morgan fingerprint density at radius 2 is 0.950 bits per heavy atom. The van der Waals surface area contributed by atoms with Crippen LogP contribution in [0, 0.1) is 0 Å². The van der Waals surface area contributed by atoms with Crippen LogP contribution in [0.25, 0.3) is 0 Å². The van der Waals surface area contributed by atoms with E-state index in [9.17, 15) is 28.7 Å². The van der Waals surface area contributed by atoms with Gasteiger partial charge in [-0.1, -0.05) is 118 Å². The lowest BCUT2D eigenvalue weighted by Gasteiger charge is -2.20. The first-order valence-electron chi connectivity index (χ1n) is 21.7. The van der Waals surface area contributed by atoms with E-state index < -0.39 is 66.2 Å². The van der Waals surface area contributed by atoms with Crippen LogP contribution < -0.4 is 0 Å². The Bertz CT molecular complexity index is 1340. The number of phosphoric acid groups is 2. The van der Waals surface area contributed by atoms with Crippen molar-refractivity contribution in [2.24, 2.45) is 0 Å². The molecule has 0 fully saturated rings. The lowest BCUT2D eigenvalue weighted by molar-refractivity contribution is -0.161. The van der Waals surface area contributed by atoms with Crippen LogP contribution in [0.3, 0.4) is 0 Å². The number of esters is 2. The van der Waals surface area contributed by atoms with Gasteiger partial charge in [0.1, 0.15) is 12.7 Å². The van der Waals surface area contributed by atoms with Gasteiger partial charge < -0.3 is 34.4 Å². The zero-order valence-electron chi connectivity index (χ0n) is 36.0. The van der Waals surface area contributed by atoms with Gasteiger partial charge in [-0.2, -0.15) is 0 Å². The number of carbonyl (C=O) groups is 2. The third kappa shape index (κ3) is 43.6. The van der Waals surface area contributed by atoms with E-state index in [1.165, 1.54) is 19.3 Å². The smallest absolute Gasteiger partial charge is 0.462 e. The highest BCUT2D eigenvalue weighted by Crippen LogP contribution is 2.43. The maximum Gasteiger partial charge on any atom is 0.472 e. The molecule has 0 aromatic rings. The molecule has 0 aromatic carbocycles. The first-order chi connectivity index (χ1) is 28.9. The molecule has 0 amide bonds. The van der Waals surface area contributed by atoms with Crippen molar-refractivity contribution in [2.45, 2.75) is 160 Å². The summed E-state index contributed by atoms with van der Waals surface area (Å²) in [7, 11) is -9.71. The first-order valence-corrected chi connectivity index (χ1v) is 24.8. The predicted molar refractivity (Wildman–Crippen MR) is 236 cm³/mol. The second-order valence-electron chi connectivity index (χ2n) is 14.3. The number of hydrogen-bond donors (Lipinski definition) is 5. The van der Waals surface area contributed by atoms with Crippen LogP contribution in [0.1, 0.15) is 148 Å². The summed E-state index contributed by atoms with van der Waals surface area (Å²) in [6.07, 6.45) is 42.0. The van der Waals surface area contributed by atoms with E-state index in [4.69, 9.17) is 28.9 Å². The van der Waals surface area contributed by atoms with Crippen LogP contribution in [0.5, 0.6) is 0 Å². The molecule has 0 heterocycles. The number of aliphatic hydroxyl groups excluding tert-OH is 2. The SMILES string of the molecule is CCCCC/C=C\C/C=C\CCCCCCCC(=O)O[C@H](COC(=O)CCC/C=C\C/C=C\C/C=C\C/C=C\CCCCCO)COP(=O)(O)OC[C@@H](O)COP(=O)(O)O. The largest absolute Gasteiger partial charge is 0.472 e. The van der Waals surface area contributed by atoms with Gasteiger partial charge in [0.05, 0.1) is 19.8 Å². The summed E-state index contributed by atoms with van der Waals surface area (Å²) in [6, 6.07) is 0. The maximum atomic E-state index is 12.6. The summed E-state index contributed by atoms with van der Waals surface area (Å²) >= 11 is 0. The normalized spacial score (nSPS) is 14.7. The monoisotopic (exact) mass is 890 g/mol. The lowest BCUT2D eigenvalue weighted by Crippen LogP contribution is -2.30. The van der Waals surface area contributed by atoms with Crippen molar-refractivity contribution >= 4 is 27.6 Å². The van der Waals surface area contributed by atoms with Gasteiger partial charge in [-0.3, -0.25) is 23.2 Å². The fourth-order valence-electron chi connectivity index (χ4n) is 5.29. The molecule has 0 rings (SSSR count). The topological polar surface area (TPSA) is 216 Å². The highest BCUT2D eigenvalue weighted by molar-refractivity contribution is 7.47. The van der Waals surface area contributed by atoms with Gasteiger partial charge >= 0.3 is 27.6 Å². The number of phosphoric ester groups is 2. The average Bonchev–Trinajstić information content (AvgIpc) is 3.21. The molecule has 0 bridgehead atoms. The third-order valence-corrected chi connectivity index (χ3v) is 10.0. The minimum absolute atomic E-state index is 0.0948. The molecule has 60 heavy (non-hydrogen) atoms. The molecule has 0 spiro atoms. The first kappa shape index (κ1) is 57.5. The molecule has 5 N–H and O–H groups in total. The average molecular weight is 891 g/mol. The molecule has 0 radical (unpaired) electrons. The molecule has 16 heteroatoms. The summed E-state index contributed by atoms with van der Waals surface area (Å²) in [5, 5.41) is 18.5. The van der Waals surface area contributed by atoms with Crippen LogP contribution in [0.2, 0.25) is 0 Å².